The third kappa shape index (κ3) is 6.21. The second-order valence-electron chi connectivity index (χ2n) is 8.98. The third-order valence-corrected chi connectivity index (χ3v) is 6.38. The van der Waals surface area contributed by atoms with E-state index in [2.05, 4.69) is 17.1 Å². The summed E-state index contributed by atoms with van der Waals surface area (Å²) < 4.78 is 5.67. The molecule has 1 N–H and O–H groups in total. The van der Waals surface area contributed by atoms with Crippen LogP contribution in [0, 0.1) is 13.8 Å². The van der Waals surface area contributed by atoms with Crippen molar-refractivity contribution in [3.8, 4) is 5.75 Å². The molecule has 0 saturated carbocycles. The summed E-state index contributed by atoms with van der Waals surface area (Å²) in [5, 5.41) is 2.89. The Bertz CT molecular complexity index is 1160. The predicted molar refractivity (Wildman–Crippen MR) is 140 cm³/mol. The van der Waals surface area contributed by atoms with Crippen molar-refractivity contribution in [1.29, 1.82) is 0 Å². The van der Waals surface area contributed by atoms with Crippen LogP contribution in [0.1, 0.15) is 34.0 Å². The van der Waals surface area contributed by atoms with Gasteiger partial charge in [0.2, 0.25) is 0 Å². The lowest BCUT2D eigenvalue weighted by molar-refractivity contribution is -0.118. The van der Waals surface area contributed by atoms with Gasteiger partial charge in [0.25, 0.3) is 11.8 Å². The Morgan fingerprint density at radius 1 is 0.886 bits per heavy atom. The molecular weight excluding hydrogens is 438 g/mol. The molecule has 3 aromatic carbocycles. The zero-order chi connectivity index (χ0) is 24.8. The summed E-state index contributed by atoms with van der Waals surface area (Å²) >= 11 is 0. The molecule has 0 aliphatic carbocycles. The maximum atomic E-state index is 12.8. The average molecular weight is 472 g/mol. The number of piperazine rings is 1. The van der Waals surface area contributed by atoms with Crippen LogP contribution in [0.15, 0.2) is 66.7 Å². The van der Waals surface area contributed by atoms with Crippen molar-refractivity contribution in [3.05, 3.63) is 89.0 Å². The van der Waals surface area contributed by atoms with Crippen LogP contribution in [-0.4, -0.2) is 49.5 Å². The number of rotatable bonds is 7. The lowest BCUT2D eigenvalue weighted by Crippen LogP contribution is -2.48. The monoisotopic (exact) mass is 471 g/mol. The maximum Gasteiger partial charge on any atom is 0.262 e. The first-order chi connectivity index (χ1) is 16.9. The highest BCUT2D eigenvalue weighted by Crippen LogP contribution is 2.21. The molecular formula is C29H33N3O3. The summed E-state index contributed by atoms with van der Waals surface area (Å²) in [5.74, 6) is 0.613. The van der Waals surface area contributed by atoms with Crippen LogP contribution < -0.4 is 15.0 Å². The van der Waals surface area contributed by atoms with E-state index in [1.54, 1.807) is 0 Å². The number of nitrogens with zero attached hydrogens (tertiary/aromatic N) is 2. The summed E-state index contributed by atoms with van der Waals surface area (Å²) in [6.45, 7) is 8.98. The molecule has 182 valence electrons. The van der Waals surface area contributed by atoms with Crippen LogP contribution >= 0.6 is 0 Å². The molecule has 3 aromatic rings. The highest BCUT2D eigenvalue weighted by atomic mass is 16.5. The molecule has 2 amide bonds. The van der Waals surface area contributed by atoms with E-state index in [1.807, 2.05) is 85.5 Å². The molecule has 0 aromatic heterocycles. The van der Waals surface area contributed by atoms with Gasteiger partial charge >= 0.3 is 0 Å². The second kappa shape index (κ2) is 11.1. The molecule has 6 heteroatoms. The zero-order valence-corrected chi connectivity index (χ0v) is 20.7. The van der Waals surface area contributed by atoms with Crippen LogP contribution in [0.2, 0.25) is 0 Å². The molecule has 1 heterocycles. The zero-order valence-electron chi connectivity index (χ0n) is 20.7. The number of hydrogen-bond acceptors (Lipinski definition) is 4. The first kappa shape index (κ1) is 24.3. The van der Waals surface area contributed by atoms with E-state index < -0.39 is 0 Å². The van der Waals surface area contributed by atoms with Crippen LogP contribution in [0.5, 0.6) is 5.75 Å². The Hall–Kier alpha value is -3.80. The Morgan fingerprint density at radius 3 is 2.20 bits per heavy atom. The first-order valence-corrected chi connectivity index (χ1v) is 12.2. The molecule has 35 heavy (non-hydrogen) atoms. The van der Waals surface area contributed by atoms with Crippen molar-refractivity contribution >= 4 is 23.2 Å². The largest absolute Gasteiger partial charge is 0.483 e. The first-order valence-electron chi connectivity index (χ1n) is 12.2. The summed E-state index contributed by atoms with van der Waals surface area (Å²) in [4.78, 5) is 29.3. The standard InChI is InChI=1S/C29H33N3O3/c1-4-23-6-8-24(9-7-23)29(34)32-17-15-31(16-18-32)26-12-10-25(11-13-26)30-28(33)20-35-27-14-5-21(2)19-22(27)3/h5-14,19H,4,15-18,20H2,1-3H3,(H,30,33). The molecule has 1 fully saturated rings. The van der Waals surface area contributed by atoms with Crippen LogP contribution in [-0.2, 0) is 11.2 Å². The number of carbonyl (C=O) groups excluding carboxylic acids is 2. The molecule has 0 spiro atoms. The van der Waals surface area contributed by atoms with E-state index in [1.165, 1.54) is 5.56 Å². The van der Waals surface area contributed by atoms with Gasteiger partial charge in [-0.25, -0.2) is 0 Å². The fourth-order valence-electron chi connectivity index (χ4n) is 4.29. The molecule has 0 radical (unpaired) electrons. The number of amides is 2. The van der Waals surface area contributed by atoms with Gasteiger partial charge in [-0.3, -0.25) is 9.59 Å². The fraction of sp³-hybridized carbons (Fsp3) is 0.310. The number of aryl methyl sites for hydroxylation is 3. The normalized spacial score (nSPS) is 13.5. The van der Waals surface area contributed by atoms with Crippen molar-refractivity contribution in [2.75, 3.05) is 43.0 Å². The Labute approximate surface area is 207 Å². The van der Waals surface area contributed by atoms with E-state index in [0.717, 1.165) is 53.3 Å². The second-order valence-corrected chi connectivity index (χ2v) is 8.98. The summed E-state index contributed by atoms with van der Waals surface area (Å²) in [6.07, 6.45) is 0.969. The van der Waals surface area contributed by atoms with Crippen molar-refractivity contribution in [2.24, 2.45) is 0 Å². The van der Waals surface area contributed by atoms with Crippen molar-refractivity contribution < 1.29 is 14.3 Å². The van der Waals surface area contributed by atoms with E-state index >= 15 is 0 Å². The lowest BCUT2D eigenvalue weighted by atomic mass is 10.1. The minimum atomic E-state index is -0.197. The molecule has 0 atom stereocenters. The number of anilines is 2. The third-order valence-electron chi connectivity index (χ3n) is 6.38. The Kier molecular flexibility index (Phi) is 7.70. The lowest BCUT2D eigenvalue weighted by Gasteiger charge is -2.36. The van der Waals surface area contributed by atoms with Gasteiger partial charge < -0.3 is 19.9 Å². The van der Waals surface area contributed by atoms with Gasteiger partial charge in [-0.1, -0.05) is 36.8 Å². The number of carbonyl (C=O) groups is 2. The number of hydrogen-bond donors (Lipinski definition) is 1. The van der Waals surface area contributed by atoms with E-state index in [0.29, 0.717) is 13.1 Å². The molecule has 4 rings (SSSR count). The summed E-state index contributed by atoms with van der Waals surface area (Å²) in [5.41, 5.74) is 5.96. The van der Waals surface area contributed by atoms with Crippen molar-refractivity contribution in [2.45, 2.75) is 27.2 Å². The van der Waals surface area contributed by atoms with E-state index in [-0.39, 0.29) is 18.4 Å². The maximum absolute atomic E-state index is 12.8. The summed E-state index contributed by atoms with van der Waals surface area (Å²) in [6, 6.07) is 21.6. The molecule has 1 aliphatic heterocycles. The van der Waals surface area contributed by atoms with Crippen molar-refractivity contribution in [3.63, 3.8) is 0 Å². The smallest absolute Gasteiger partial charge is 0.262 e. The van der Waals surface area contributed by atoms with Crippen LogP contribution in [0.25, 0.3) is 0 Å². The van der Waals surface area contributed by atoms with Gasteiger partial charge in [-0.05, 0) is 73.9 Å². The van der Waals surface area contributed by atoms with Gasteiger partial charge in [-0.2, -0.15) is 0 Å². The highest BCUT2D eigenvalue weighted by Gasteiger charge is 2.22. The van der Waals surface area contributed by atoms with Crippen LogP contribution in [0.3, 0.4) is 0 Å². The fourth-order valence-corrected chi connectivity index (χ4v) is 4.29. The van der Waals surface area contributed by atoms with Gasteiger partial charge in [0.05, 0.1) is 0 Å². The molecule has 0 unspecified atom stereocenters. The number of benzene rings is 3. The Balaban J connectivity index is 1.25. The number of nitrogens with one attached hydrogen (secondary N) is 1. The highest BCUT2D eigenvalue weighted by molar-refractivity contribution is 5.94. The molecule has 6 nitrogen and oxygen atoms in total. The predicted octanol–water partition coefficient (Wildman–Crippen LogP) is 4.85. The van der Waals surface area contributed by atoms with Crippen molar-refractivity contribution in [1.82, 2.24) is 4.90 Å². The van der Waals surface area contributed by atoms with Gasteiger partial charge in [-0.15, -0.1) is 0 Å². The van der Waals surface area contributed by atoms with Gasteiger partial charge in [0, 0.05) is 43.1 Å². The number of ether oxygens (including phenoxy) is 1. The topological polar surface area (TPSA) is 61.9 Å². The van der Waals surface area contributed by atoms with E-state index in [4.69, 9.17) is 4.74 Å². The SMILES string of the molecule is CCc1ccc(C(=O)N2CCN(c3ccc(NC(=O)COc4ccc(C)cc4C)cc3)CC2)cc1. The molecule has 1 aliphatic rings. The minimum Gasteiger partial charge on any atom is -0.483 e. The van der Waals surface area contributed by atoms with Gasteiger partial charge in [0.1, 0.15) is 5.75 Å². The minimum absolute atomic E-state index is 0.0389. The van der Waals surface area contributed by atoms with Gasteiger partial charge in [0.15, 0.2) is 6.61 Å². The molecule has 0 bridgehead atoms. The molecule has 1 saturated heterocycles. The van der Waals surface area contributed by atoms with Crippen LogP contribution in [0.4, 0.5) is 11.4 Å². The Morgan fingerprint density at radius 2 is 1.57 bits per heavy atom. The summed E-state index contributed by atoms with van der Waals surface area (Å²) in [7, 11) is 0. The quantitative estimate of drug-likeness (QED) is 0.535. The van der Waals surface area contributed by atoms with E-state index in [9.17, 15) is 9.59 Å². The average Bonchev–Trinajstić information content (AvgIpc) is 2.88.